The monoisotopic (exact) mass is 254 g/mol. The van der Waals surface area contributed by atoms with E-state index in [4.69, 9.17) is 9.66 Å². The number of rotatable bonds is 4. The van der Waals surface area contributed by atoms with Gasteiger partial charge in [-0.25, -0.2) is 0 Å². The average molecular weight is 254 g/mol. The Labute approximate surface area is 97.4 Å². The van der Waals surface area contributed by atoms with Crippen molar-refractivity contribution in [2.24, 2.45) is 0 Å². The van der Waals surface area contributed by atoms with Crippen LogP contribution in [-0.4, -0.2) is 68.1 Å². The summed E-state index contributed by atoms with van der Waals surface area (Å²) in [7, 11) is -3.67. The van der Waals surface area contributed by atoms with Gasteiger partial charge in [-0.3, -0.25) is 9.45 Å². The second-order valence-electron chi connectivity index (χ2n) is 3.60. The van der Waals surface area contributed by atoms with Crippen molar-refractivity contribution in [1.82, 2.24) is 10.2 Å². The Kier molecular flexibility index (Phi) is 8.77. The van der Waals surface area contributed by atoms with Crippen LogP contribution in [0.4, 0.5) is 0 Å². The molecule has 0 aromatic carbocycles. The predicted octanol–water partition coefficient (Wildman–Crippen LogP) is -0.832. The topological polar surface area (TPSA) is 89.9 Å². The molecule has 0 aromatic heterocycles. The van der Waals surface area contributed by atoms with Gasteiger partial charge in [-0.2, -0.15) is 8.42 Å². The maximum absolute atomic E-state index is 9.79. The number of aliphatic hydroxyl groups excluding tert-OH is 1. The van der Waals surface area contributed by atoms with Crippen molar-refractivity contribution in [2.75, 3.05) is 45.1 Å². The quantitative estimate of drug-likeness (QED) is 0.567. The molecule has 0 radical (unpaired) electrons. The Morgan fingerprint density at radius 3 is 2.19 bits per heavy atom. The molecule has 1 aliphatic heterocycles. The van der Waals surface area contributed by atoms with Gasteiger partial charge in [-0.1, -0.05) is 6.92 Å². The van der Waals surface area contributed by atoms with Gasteiger partial charge in [0.05, 0.1) is 12.4 Å². The highest BCUT2D eigenvalue weighted by molar-refractivity contribution is 7.85. The average Bonchev–Trinajstić information content (AvgIpc) is 2.19. The second-order valence-corrected chi connectivity index (χ2v) is 5.17. The molecule has 1 saturated heterocycles. The molecule has 0 bridgehead atoms. The van der Waals surface area contributed by atoms with Crippen LogP contribution < -0.4 is 5.32 Å². The van der Waals surface area contributed by atoms with Gasteiger partial charge in [0.1, 0.15) is 0 Å². The lowest BCUT2D eigenvalue weighted by atomic mass is 10.4. The van der Waals surface area contributed by atoms with Crippen LogP contribution in [-0.2, 0) is 10.1 Å². The molecule has 0 spiro atoms. The standard InChI is InChI=1S/C6H14N2O.C3H8O3S/c9-6-5-8-3-1-7-2-4-8;1-2-3-7(4,5)6/h7,9H,1-6H2;2-3H2,1H3,(H,4,5,6). The summed E-state index contributed by atoms with van der Waals surface area (Å²) in [6.45, 7) is 7.12. The first-order valence-electron chi connectivity index (χ1n) is 5.48. The lowest BCUT2D eigenvalue weighted by Gasteiger charge is -2.25. The van der Waals surface area contributed by atoms with E-state index >= 15 is 0 Å². The molecule has 1 heterocycles. The molecule has 3 N–H and O–H groups in total. The summed E-state index contributed by atoms with van der Waals surface area (Å²) in [6.07, 6.45) is 0.471. The molecule has 0 unspecified atom stereocenters. The van der Waals surface area contributed by atoms with Crippen molar-refractivity contribution in [3.05, 3.63) is 0 Å². The third-order valence-corrected chi connectivity index (χ3v) is 3.01. The third kappa shape index (κ3) is 10.3. The summed E-state index contributed by atoms with van der Waals surface area (Å²) in [5.41, 5.74) is 0. The molecule has 16 heavy (non-hydrogen) atoms. The van der Waals surface area contributed by atoms with Gasteiger partial charge in [0.2, 0.25) is 0 Å². The highest BCUT2D eigenvalue weighted by Crippen LogP contribution is 1.88. The zero-order chi connectivity index (χ0) is 12.4. The van der Waals surface area contributed by atoms with Crippen LogP contribution in [0.15, 0.2) is 0 Å². The molecule has 98 valence electrons. The van der Waals surface area contributed by atoms with Gasteiger partial charge in [-0.15, -0.1) is 0 Å². The smallest absolute Gasteiger partial charge is 0.264 e. The highest BCUT2D eigenvalue weighted by Gasteiger charge is 2.06. The Bertz CT molecular complexity index is 247. The molecular formula is C9H22N2O4S. The van der Waals surface area contributed by atoms with Crippen LogP contribution >= 0.6 is 0 Å². The molecule has 6 nitrogen and oxygen atoms in total. The van der Waals surface area contributed by atoms with E-state index in [1.807, 2.05) is 0 Å². The van der Waals surface area contributed by atoms with E-state index in [9.17, 15) is 8.42 Å². The summed E-state index contributed by atoms with van der Waals surface area (Å²) in [5, 5.41) is 11.8. The van der Waals surface area contributed by atoms with Crippen molar-refractivity contribution in [1.29, 1.82) is 0 Å². The van der Waals surface area contributed by atoms with Gasteiger partial charge in [0, 0.05) is 32.7 Å². The predicted molar refractivity (Wildman–Crippen MR) is 63.1 cm³/mol. The van der Waals surface area contributed by atoms with Gasteiger partial charge < -0.3 is 10.4 Å². The summed E-state index contributed by atoms with van der Waals surface area (Å²) in [4.78, 5) is 2.26. The van der Waals surface area contributed by atoms with Crippen LogP contribution in [0.2, 0.25) is 0 Å². The number of piperazine rings is 1. The fourth-order valence-electron chi connectivity index (χ4n) is 1.33. The van der Waals surface area contributed by atoms with Gasteiger partial charge >= 0.3 is 0 Å². The zero-order valence-corrected chi connectivity index (χ0v) is 10.5. The fraction of sp³-hybridized carbons (Fsp3) is 1.00. The van der Waals surface area contributed by atoms with Crippen LogP contribution in [0.3, 0.4) is 0 Å². The first kappa shape index (κ1) is 15.8. The normalized spacial score (nSPS) is 17.7. The molecule has 0 saturated carbocycles. The fourth-order valence-corrected chi connectivity index (χ4v) is 1.85. The summed E-state index contributed by atoms with van der Waals surface area (Å²) in [5.74, 6) is -0.132. The molecule has 0 amide bonds. The highest BCUT2D eigenvalue weighted by atomic mass is 32.2. The van der Waals surface area contributed by atoms with Crippen molar-refractivity contribution in [2.45, 2.75) is 13.3 Å². The first-order valence-corrected chi connectivity index (χ1v) is 7.09. The number of nitrogens with zero attached hydrogens (tertiary/aromatic N) is 1. The molecule has 0 aliphatic carbocycles. The minimum absolute atomic E-state index is 0.132. The maximum Gasteiger partial charge on any atom is 0.264 e. The van der Waals surface area contributed by atoms with E-state index in [-0.39, 0.29) is 5.75 Å². The van der Waals surface area contributed by atoms with E-state index in [0.29, 0.717) is 13.0 Å². The zero-order valence-electron chi connectivity index (χ0n) is 9.72. The Morgan fingerprint density at radius 1 is 1.31 bits per heavy atom. The lowest BCUT2D eigenvalue weighted by Crippen LogP contribution is -2.44. The van der Waals surface area contributed by atoms with E-state index in [0.717, 1.165) is 32.7 Å². The van der Waals surface area contributed by atoms with Crippen LogP contribution in [0.5, 0.6) is 0 Å². The SMILES string of the molecule is CCCS(=O)(=O)O.OCCN1CCNCC1. The van der Waals surface area contributed by atoms with E-state index < -0.39 is 10.1 Å². The lowest BCUT2D eigenvalue weighted by molar-refractivity contribution is 0.180. The number of hydrogen-bond acceptors (Lipinski definition) is 5. The summed E-state index contributed by atoms with van der Waals surface area (Å²) in [6, 6.07) is 0. The van der Waals surface area contributed by atoms with Crippen molar-refractivity contribution in [3.63, 3.8) is 0 Å². The number of nitrogens with one attached hydrogen (secondary N) is 1. The molecule has 0 aromatic rings. The van der Waals surface area contributed by atoms with Gasteiger partial charge in [0.15, 0.2) is 0 Å². The van der Waals surface area contributed by atoms with Crippen LogP contribution in [0.1, 0.15) is 13.3 Å². The number of β-amino-alcohol motifs (C(OH)–C–C–N with tert-alkyl or cyclic N) is 1. The minimum Gasteiger partial charge on any atom is -0.395 e. The van der Waals surface area contributed by atoms with Crippen LogP contribution in [0.25, 0.3) is 0 Å². The van der Waals surface area contributed by atoms with E-state index in [1.54, 1.807) is 6.92 Å². The Balaban J connectivity index is 0.000000293. The van der Waals surface area contributed by atoms with E-state index in [2.05, 4.69) is 10.2 Å². The van der Waals surface area contributed by atoms with Gasteiger partial charge in [0.25, 0.3) is 10.1 Å². The maximum atomic E-state index is 9.79. The van der Waals surface area contributed by atoms with E-state index in [1.165, 1.54) is 0 Å². The van der Waals surface area contributed by atoms with Crippen LogP contribution in [0, 0.1) is 0 Å². The number of hydrogen-bond donors (Lipinski definition) is 3. The van der Waals surface area contributed by atoms with Crippen molar-refractivity contribution in [3.8, 4) is 0 Å². The molecule has 7 heteroatoms. The molecular weight excluding hydrogens is 232 g/mol. The third-order valence-electron chi connectivity index (χ3n) is 2.09. The summed E-state index contributed by atoms with van der Waals surface area (Å²) >= 11 is 0. The van der Waals surface area contributed by atoms with Gasteiger partial charge in [-0.05, 0) is 6.42 Å². The molecule has 1 aliphatic rings. The molecule has 1 rings (SSSR count). The summed E-state index contributed by atoms with van der Waals surface area (Å²) < 4.78 is 27.6. The van der Waals surface area contributed by atoms with Crippen molar-refractivity contribution < 1.29 is 18.1 Å². The molecule has 1 fully saturated rings. The molecule has 0 atom stereocenters. The second kappa shape index (κ2) is 8.89. The largest absolute Gasteiger partial charge is 0.395 e. The Hall–Kier alpha value is -0.210. The minimum atomic E-state index is -3.67. The Morgan fingerprint density at radius 2 is 1.88 bits per heavy atom. The number of aliphatic hydroxyl groups is 1. The first-order chi connectivity index (χ1) is 7.49. The van der Waals surface area contributed by atoms with Crippen molar-refractivity contribution >= 4 is 10.1 Å².